The highest BCUT2D eigenvalue weighted by Gasteiger charge is 2.28. The lowest BCUT2D eigenvalue weighted by Crippen LogP contribution is -2.52. The standard InChI is InChI=1S/C20H30N2O2/c1-16(2)19(20(24)22-13-9-4-3-5-10-14-22)21-18(23)15-17-11-7-6-8-12-17/h6-8,11-12,16,19H,3-5,9-10,13-15H2,1-2H3,(H,21,23). The quantitative estimate of drug-likeness (QED) is 0.901. The van der Waals surface area contributed by atoms with Gasteiger partial charge < -0.3 is 10.2 Å². The number of nitrogens with one attached hydrogen (secondary N) is 1. The molecule has 0 saturated carbocycles. The summed E-state index contributed by atoms with van der Waals surface area (Å²) >= 11 is 0. The SMILES string of the molecule is CC(C)C(NC(=O)Cc1ccccc1)C(=O)N1CCCCCCC1. The molecule has 0 aliphatic carbocycles. The van der Waals surface area contributed by atoms with Crippen molar-refractivity contribution < 1.29 is 9.59 Å². The highest BCUT2D eigenvalue weighted by Crippen LogP contribution is 2.14. The number of hydrogen-bond acceptors (Lipinski definition) is 2. The van der Waals surface area contributed by atoms with Crippen LogP contribution >= 0.6 is 0 Å². The molecule has 2 rings (SSSR count). The summed E-state index contributed by atoms with van der Waals surface area (Å²) < 4.78 is 0. The van der Waals surface area contributed by atoms with E-state index < -0.39 is 6.04 Å². The molecule has 1 atom stereocenters. The van der Waals surface area contributed by atoms with Crippen LogP contribution in [0.1, 0.15) is 51.5 Å². The summed E-state index contributed by atoms with van der Waals surface area (Å²) in [6.45, 7) is 5.62. The van der Waals surface area contributed by atoms with Crippen molar-refractivity contribution in [1.29, 1.82) is 0 Å². The number of nitrogens with zero attached hydrogens (tertiary/aromatic N) is 1. The van der Waals surface area contributed by atoms with Gasteiger partial charge in [0, 0.05) is 13.1 Å². The number of benzene rings is 1. The summed E-state index contributed by atoms with van der Waals surface area (Å²) in [5.74, 6) is 0.0799. The van der Waals surface area contributed by atoms with Crippen LogP contribution in [0.4, 0.5) is 0 Å². The Kier molecular flexibility index (Phi) is 7.29. The minimum absolute atomic E-state index is 0.0771. The van der Waals surface area contributed by atoms with Crippen LogP contribution in [0.5, 0.6) is 0 Å². The highest BCUT2D eigenvalue weighted by molar-refractivity contribution is 5.88. The van der Waals surface area contributed by atoms with Gasteiger partial charge in [0.2, 0.25) is 11.8 Å². The molecule has 1 aromatic carbocycles. The molecule has 0 spiro atoms. The first-order valence-corrected chi connectivity index (χ1v) is 9.20. The first kappa shape index (κ1) is 18.5. The lowest BCUT2D eigenvalue weighted by atomic mass is 10.0. The molecule has 1 unspecified atom stereocenters. The maximum atomic E-state index is 12.9. The second kappa shape index (κ2) is 9.45. The lowest BCUT2D eigenvalue weighted by molar-refractivity contribution is -0.137. The minimum atomic E-state index is -0.430. The zero-order chi connectivity index (χ0) is 17.4. The van der Waals surface area contributed by atoms with Crippen LogP contribution in [0.3, 0.4) is 0 Å². The van der Waals surface area contributed by atoms with Crippen molar-refractivity contribution >= 4 is 11.8 Å². The third kappa shape index (κ3) is 5.66. The monoisotopic (exact) mass is 330 g/mol. The van der Waals surface area contributed by atoms with Crippen LogP contribution < -0.4 is 5.32 Å². The molecule has 1 aliphatic heterocycles. The summed E-state index contributed by atoms with van der Waals surface area (Å²) in [4.78, 5) is 27.2. The summed E-state index contributed by atoms with van der Waals surface area (Å²) in [5, 5.41) is 2.97. The van der Waals surface area contributed by atoms with Crippen LogP contribution in [-0.4, -0.2) is 35.8 Å². The molecule has 0 radical (unpaired) electrons. The number of carbonyl (C=O) groups excluding carboxylic acids is 2. The molecular formula is C20H30N2O2. The maximum Gasteiger partial charge on any atom is 0.245 e. The molecule has 4 nitrogen and oxygen atoms in total. The second-order valence-electron chi connectivity index (χ2n) is 7.04. The first-order valence-electron chi connectivity index (χ1n) is 9.20. The molecule has 1 aliphatic rings. The van der Waals surface area contributed by atoms with Gasteiger partial charge in [-0.3, -0.25) is 9.59 Å². The summed E-state index contributed by atoms with van der Waals surface area (Å²) in [7, 11) is 0. The van der Waals surface area contributed by atoms with Crippen molar-refractivity contribution in [1.82, 2.24) is 10.2 Å². The van der Waals surface area contributed by atoms with Crippen LogP contribution in [0.25, 0.3) is 0 Å². The highest BCUT2D eigenvalue weighted by atomic mass is 16.2. The van der Waals surface area contributed by atoms with Crippen LogP contribution in [-0.2, 0) is 16.0 Å². The molecule has 0 aromatic heterocycles. The van der Waals surface area contributed by atoms with Crippen molar-refractivity contribution in [3.63, 3.8) is 0 Å². The molecule has 24 heavy (non-hydrogen) atoms. The van der Waals surface area contributed by atoms with Gasteiger partial charge in [0.25, 0.3) is 0 Å². The van der Waals surface area contributed by atoms with E-state index in [1.165, 1.54) is 19.3 Å². The molecule has 1 N–H and O–H groups in total. The van der Waals surface area contributed by atoms with Crippen molar-refractivity contribution in [3.05, 3.63) is 35.9 Å². The predicted octanol–water partition coefficient (Wildman–Crippen LogP) is 3.16. The fourth-order valence-corrected chi connectivity index (χ4v) is 3.18. The zero-order valence-corrected chi connectivity index (χ0v) is 15.0. The van der Waals surface area contributed by atoms with E-state index in [0.717, 1.165) is 31.5 Å². The number of hydrogen-bond donors (Lipinski definition) is 1. The topological polar surface area (TPSA) is 49.4 Å². The van der Waals surface area contributed by atoms with Crippen molar-refractivity contribution in [2.45, 2.75) is 58.4 Å². The van der Waals surface area contributed by atoms with Gasteiger partial charge in [0.1, 0.15) is 6.04 Å². The van der Waals surface area contributed by atoms with Crippen molar-refractivity contribution in [3.8, 4) is 0 Å². The molecule has 2 amide bonds. The van der Waals surface area contributed by atoms with Crippen LogP contribution in [0.2, 0.25) is 0 Å². The molecule has 4 heteroatoms. The predicted molar refractivity (Wildman–Crippen MR) is 96.6 cm³/mol. The van der Waals surface area contributed by atoms with Gasteiger partial charge in [0.15, 0.2) is 0 Å². The van der Waals surface area contributed by atoms with E-state index in [0.29, 0.717) is 6.42 Å². The van der Waals surface area contributed by atoms with E-state index in [-0.39, 0.29) is 17.7 Å². The number of likely N-dealkylation sites (tertiary alicyclic amines) is 1. The smallest absolute Gasteiger partial charge is 0.245 e. The molecule has 1 saturated heterocycles. The molecular weight excluding hydrogens is 300 g/mol. The number of carbonyl (C=O) groups is 2. The lowest BCUT2D eigenvalue weighted by Gasteiger charge is -2.31. The Balaban J connectivity index is 1.96. The van der Waals surface area contributed by atoms with Crippen molar-refractivity contribution in [2.75, 3.05) is 13.1 Å². The van der Waals surface area contributed by atoms with E-state index >= 15 is 0 Å². The fraction of sp³-hybridized carbons (Fsp3) is 0.600. The van der Waals surface area contributed by atoms with Crippen LogP contribution in [0, 0.1) is 5.92 Å². The Hall–Kier alpha value is -1.84. The van der Waals surface area contributed by atoms with Gasteiger partial charge in [0.05, 0.1) is 6.42 Å². The molecule has 1 aromatic rings. The number of rotatable bonds is 5. The summed E-state index contributed by atoms with van der Waals surface area (Å²) in [5.41, 5.74) is 0.969. The summed E-state index contributed by atoms with van der Waals surface area (Å²) in [6, 6.07) is 9.22. The molecule has 1 heterocycles. The average molecular weight is 330 g/mol. The first-order chi connectivity index (χ1) is 11.6. The minimum Gasteiger partial charge on any atom is -0.344 e. The Labute approximate surface area is 145 Å². The Morgan fingerprint density at radius 2 is 1.58 bits per heavy atom. The maximum absolute atomic E-state index is 12.9. The van der Waals surface area contributed by atoms with Gasteiger partial charge in [-0.15, -0.1) is 0 Å². The number of amides is 2. The molecule has 1 fully saturated rings. The van der Waals surface area contributed by atoms with Gasteiger partial charge in [-0.1, -0.05) is 63.4 Å². The zero-order valence-electron chi connectivity index (χ0n) is 15.0. The fourth-order valence-electron chi connectivity index (χ4n) is 3.18. The normalized spacial score (nSPS) is 17.0. The Bertz CT molecular complexity index is 520. The molecule has 132 valence electrons. The summed E-state index contributed by atoms with van der Waals surface area (Å²) in [6.07, 6.45) is 6.09. The van der Waals surface area contributed by atoms with Gasteiger partial charge >= 0.3 is 0 Å². The van der Waals surface area contributed by atoms with Gasteiger partial charge in [-0.2, -0.15) is 0 Å². The Morgan fingerprint density at radius 3 is 2.17 bits per heavy atom. The second-order valence-corrected chi connectivity index (χ2v) is 7.04. The van der Waals surface area contributed by atoms with E-state index in [9.17, 15) is 9.59 Å². The van der Waals surface area contributed by atoms with E-state index in [1.807, 2.05) is 49.1 Å². The third-order valence-electron chi connectivity index (χ3n) is 4.62. The van der Waals surface area contributed by atoms with E-state index in [4.69, 9.17) is 0 Å². The largest absolute Gasteiger partial charge is 0.344 e. The third-order valence-corrected chi connectivity index (χ3v) is 4.62. The Morgan fingerprint density at radius 1 is 1.00 bits per heavy atom. The average Bonchev–Trinajstić information content (AvgIpc) is 2.52. The van der Waals surface area contributed by atoms with Crippen LogP contribution in [0.15, 0.2) is 30.3 Å². The van der Waals surface area contributed by atoms with Gasteiger partial charge in [-0.05, 0) is 24.3 Å². The molecule has 0 bridgehead atoms. The van der Waals surface area contributed by atoms with Crippen molar-refractivity contribution in [2.24, 2.45) is 5.92 Å². The van der Waals surface area contributed by atoms with Gasteiger partial charge in [-0.25, -0.2) is 0 Å². The van der Waals surface area contributed by atoms with E-state index in [1.54, 1.807) is 0 Å². The van der Waals surface area contributed by atoms with E-state index in [2.05, 4.69) is 5.32 Å².